The second-order valence-electron chi connectivity index (χ2n) is 8.63. The van der Waals surface area contributed by atoms with E-state index in [0.717, 1.165) is 51.3 Å². The van der Waals surface area contributed by atoms with Crippen LogP contribution in [0.2, 0.25) is 0 Å². The maximum absolute atomic E-state index is 13.1. The van der Waals surface area contributed by atoms with Crippen molar-refractivity contribution < 1.29 is 14.3 Å². The molecule has 2 saturated heterocycles. The molecule has 2 amide bonds. The fraction of sp³-hybridized carbons (Fsp3) is 0.407. The van der Waals surface area contributed by atoms with Gasteiger partial charge in [-0.2, -0.15) is 0 Å². The molecular weight excluding hydrogens is 414 g/mol. The molecule has 6 heteroatoms. The SMILES string of the molecule is CCCCOc1ccc(N2C(=O)C[C@H](N3CCN(C/C=C\c4ccccc4)CC3)C2=O)cc1. The minimum Gasteiger partial charge on any atom is -0.494 e. The van der Waals surface area contributed by atoms with Crippen LogP contribution in [0.3, 0.4) is 0 Å². The molecule has 0 aliphatic carbocycles. The monoisotopic (exact) mass is 447 g/mol. The van der Waals surface area contributed by atoms with Crippen LogP contribution < -0.4 is 9.64 Å². The molecule has 0 N–H and O–H groups in total. The van der Waals surface area contributed by atoms with E-state index in [4.69, 9.17) is 4.74 Å². The van der Waals surface area contributed by atoms with E-state index in [1.54, 1.807) is 12.1 Å². The van der Waals surface area contributed by atoms with E-state index < -0.39 is 0 Å². The van der Waals surface area contributed by atoms with E-state index in [-0.39, 0.29) is 24.3 Å². The predicted octanol–water partition coefficient (Wildman–Crippen LogP) is 3.83. The number of hydrogen-bond acceptors (Lipinski definition) is 5. The molecule has 0 spiro atoms. The van der Waals surface area contributed by atoms with Crippen LogP contribution in [-0.2, 0) is 9.59 Å². The molecule has 2 heterocycles. The number of anilines is 1. The third-order valence-electron chi connectivity index (χ3n) is 6.31. The number of amides is 2. The summed E-state index contributed by atoms with van der Waals surface area (Å²) in [5.74, 6) is 0.523. The number of piperazine rings is 1. The van der Waals surface area contributed by atoms with E-state index in [0.29, 0.717) is 12.3 Å². The lowest BCUT2D eigenvalue weighted by Gasteiger charge is -2.36. The minimum absolute atomic E-state index is 0.114. The van der Waals surface area contributed by atoms with Gasteiger partial charge in [0.25, 0.3) is 5.91 Å². The number of carbonyl (C=O) groups excluding carboxylic acids is 2. The lowest BCUT2D eigenvalue weighted by Crippen LogP contribution is -2.52. The van der Waals surface area contributed by atoms with Crippen LogP contribution >= 0.6 is 0 Å². The Labute approximate surface area is 196 Å². The average Bonchev–Trinajstić information content (AvgIpc) is 3.14. The molecule has 2 aromatic carbocycles. The van der Waals surface area contributed by atoms with Crippen molar-refractivity contribution >= 4 is 23.6 Å². The maximum atomic E-state index is 13.1. The number of hydrogen-bond donors (Lipinski definition) is 0. The summed E-state index contributed by atoms with van der Waals surface area (Å²) in [7, 11) is 0. The summed E-state index contributed by atoms with van der Waals surface area (Å²) < 4.78 is 5.69. The van der Waals surface area contributed by atoms with Crippen LogP contribution in [0, 0.1) is 0 Å². The Balaban J connectivity index is 1.29. The van der Waals surface area contributed by atoms with Gasteiger partial charge < -0.3 is 4.74 Å². The van der Waals surface area contributed by atoms with Crippen LogP contribution in [0.1, 0.15) is 31.7 Å². The normalized spacial score (nSPS) is 20.2. The predicted molar refractivity (Wildman–Crippen MR) is 131 cm³/mol. The molecule has 0 bridgehead atoms. The van der Waals surface area contributed by atoms with Gasteiger partial charge in [0.05, 0.1) is 24.8 Å². The van der Waals surface area contributed by atoms with Crippen molar-refractivity contribution in [3.05, 3.63) is 66.2 Å². The summed E-state index contributed by atoms with van der Waals surface area (Å²) in [6.07, 6.45) is 6.66. The van der Waals surface area contributed by atoms with Crippen molar-refractivity contribution in [3.63, 3.8) is 0 Å². The first kappa shape index (κ1) is 23.2. The first-order chi connectivity index (χ1) is 16.2. The Morgan fingerprint density at radius 2 is 1.70 bits per heavy atom. The minimum atomic E-state index is -0.361. The van der Waals surface area contributed by atoms with Gasteiger partial charge in [0.15, 0.2) is 0 Å². The molecule has 33 heavy (non-hydrogen) atoms. The Bertz CT molecular complexity index is 950. The average molecular weight is 448 g/mol. The molecular formula is C27H33N3O3. The van der Waals surface area contributed by atoms with Crippen molar-refractivity contribution in [2.24, 2.45) is 0 Å². The third kappa shape index (κ3) is 5.89. The summed E-state index contributed by atoms with van der Waals surface area (Å²) in [6.45, 7) is 7.05. The van der Waals surface area contributed by atoms with E-state index in [1.165, 1.54) is 10.5 Å². The van der Waals surface area contributed by atoms with Crippen molar-refractivity contribution in [2.75, 3.05) is 44.2 Å². The molecule has 2 aliphatic heterocycles. The van der Waals surface area contributed by atoms with Gasteiger partial charge in [-0.25, -0.2) is 4.90 Å². The standard InChI is InChI=1S/C27H33N3O3/c1-2-3-20-33-24-13-11-23(12-14-24)30-26(31)21-25(27(30)32)29-18-16-28(17-19-29)15-7-10-22-8-5-4-6-9-22/h4-14,25H,2-3,15-21H2,1H3/b10-7-/t25-/m0/s1. The number of rotatable bonds is 9. The summed E-state index contributed by atoms with van der Waals surface area (Å²) >= 11 is 0. The Kier molecular flexibility index (Phi) is 7.92. The van der Waals surface area contributed by atoms with E-state index in [1.807, 2.05) is 30.3 Å². The molecule has 0 aromatic heterocycles. The first-order valence-electron chi connectivity index (χ1n) is 11.9. The molecule has 0 saturated carbocycles. The number of carbonyl (C=O) groups is 2. The zero-order chi connectivity index (χ0) is 23.0. The fourth-order valence-electron chi connectivity index (χ4n) is 4.36. The smallest absolute Gasteiger partial charge is 0.251 e. The summed E-state index contributed by atoms with van der Waals surface area (Å²) in [5, 5.41) is 0. The number of imide groups is 1. The molecule has 2 aliphatic rings. The number of ether oxygens (including phenoxy) is 1. The van der Waals surface area contributed by atoms with Crippen LogP contribution in [0.4, 0.5) is 5.69 Å². The van der Waals surface area contributed by atoms with E-state index in [2.05, 4.69) is 41.0 Å². The van der Waals surface area contributed by atoms with Gasteiger partial charge in [-0.1, -0.05) is 55.8 Å². The number of nitrogens with zero attached hydrogens (tertiary/aromatic N) is 3. The van der Waals surface area contributed by atoms with Gasteiger partial charge in [-0.3, -0.25) is 19.4 Å². The molecule has 2 aromatic rings. The molecule has 4 rings (SSSR count). The molecule has 6 nitrogen and oxygen atoms in total. The van der Waals surface area contributed by atoms with Gasteiger partial charge in [0, 0.05) is 32.7 Å². The quantitative estimate of drug-likeness (QED) is 0.432. The second-order valence-corrected chi connectivity index (χ2v) is 8.63. The maximum Gasteiger partial charge on any atom is 0.251 e. The molecule has 1 atom stereocenters. The highest BCUT2D eigenvalue weighted by Gasteiger charge is 2.43. The largest absolute Gasteiger partial charge is 0.494 e. The summed E-state index contributed by atoms with van der Waals surface area (Å²) in [5.41, 5.74) is 1.83. The summed E-state index contributed by atoms with van der Waals surface area (Å²) in [6, 6.07) is 17.2. The van der Waals surface area contributed by atoms with Gasteiger partial charge in [0.2, 0.25) is 5.91 Å². The lowest BCUT2D eigenvalue weighted by molar-refractivity contribution is -0.123. The topological polar surface area (TPSA) is 53.1 Å². The van der Waals surface area contributed by atoms with Gasteiger partial charge in [-0.05, 0) is 36.2 Å². The number of unbranched alkanes of at least 4 members (excludes halogenated alkanes) is 1. The lowest BCUT2D eigenvalue weighted by atomic mass is 10.1. The first-order valence-corrected chi connectivity index (χ1v) is 11.9. The van der Waals surface area contributed by atoms with E-state index >= 15 is 0 Å². The highest BCUT2D eigenvalue weighted by molar-refractivity contribution is 6.22. The van der Waals surface area contributed by atoms with Crippen molar-refractivity contribution in [1.82, 2.24) is 9.80 Å². The molecule has 174 valence electrons. The van der Waals surface area contributed by atoms with Crippen LogP contribution in [0.15, 0.2) is 60.7 Å². The number of benzene rings is 2. The second kappa shape index (κ2) is 11.3. The zero-order valence-electron chi connectivity index (χ0n) is 19.4. The summed E-state index contributed by atoms with van der Waals surface area (Å²) in [4.78, 5) is 31.7. The fourth-order valence-corrected chi connectivity index (χ4v) is 4.36. The zero-order valence-corrected chi connectivity index (χ0v) is 19.4. The molecule has 0 radical (unpaired) electrons. The Morgan fingerprint density at radius 3 is 2.39 bits per heavy atom. The van der Waals surface area contributed by atoms with E-state index in [9.17, 15) is 9.59 Å². The highest BCUT2D eigenvalue weighted by Crippen LogP contribution is 2.28. The van der Waals surface area contributed by atoms with Crippen LogP contribution in [0.5, 0.6) is 5.75 Å². The highest BCUT2D eigenvalue weighted by atomic mass is 16.5. The Morgan fingerprint density at radius 1 is 0.970 bits per heavy atom. The van der Waals surface area contributed by atoms with Gasteiger partial charge >= 0.3 is 0 Å². The third-order valence-corrected chi connectivity index (χ3v) is 6.31. The van der Waals surface area contributed by atoms with Gasteiger partial charge in [-0.15, -0.1) is 0 Å². The van der Waals surface area contributed by atoms with Crippen LogP contribution in [0.25, 0.3) is 6.08 Å². The Hall–Kier alpha value is -2.96. The molecule has 0 unspecified atom stereocenters. The van der Waals surface area contributed by atoms with Crippen molar-refractivity contribution in [2.45, 2.75) is 32.2 Å². The van der Waals surface area contributed by atoms with Crippen LogP contribution in [-0.4, -0.2) is 67.0 Å². The van der Waals surface area contributed by atoms with Crippen molar-refractivity contribution in [1.29, 1.82) is 0 Å². The van der Waals surface area contributed by atoms with Gasteiger partial charge in [0.1, 0.15) is 5.75 Å². The molecule has 2 fully saturated rings. The van der Waals surface area contributed by atoms with Crippen molar-refractivity contribution in [3.8, 4) is 5.75 Å².